The number of H-pyrrole nitrogens is 1. The molecule has 0 aliphatic rings. The Morgan fingerprint density at radius 3 is 2.72 bits per heavy atom. The zero-order valence-electron chi connectivity index (χ0n) is 13.9. The van der Waals surface area contributed by atoms with Gasteiger partial charge >= 0.3 is 0 Å². The van der Waals surface area contributed by atoms with Crippen molar-refractivity contribution in [1.29, 1.82) is 0 Å². The van der Waals surface area contributed by atoms with Crippen LogP contribution in [0.2, 0.25) is 0 Å². The van der Waals surface area contributed by atoms with Crippen LogP contribution in [0.1, 0.15) is 6.92 Å². The van der Waals surface area contributed by atoms with Crippen molar-refractivity contribution in [3.05, 3.63) is 67.0 Å². The van der Waals surface area contributed by atoms with Crippen LogP contribution >= 0.6 is 0 Å². The summed E-state index contributed by atoms with van der Waals surface area (Å²) in [5.41, 5.74) is 7.53. The van der Waals surface area contributed by atoms with Crippen LogP contribution in [-0.2, 0) is 4.79 Å². The van der Waals surface area contributed by atoms with Crippen molar-refractivity contribution in [2.45, 2.75) is 12.5 Å². The minimum Gasteiger partial charge on any atom is -0.491 e. The molecule has 3 aromatic rings. The first-order valence-corrected chi connectivity index (χ1v) is 7.92. The first-order valence-electron chi connectivity index (χ1n) is 7.92. The number of nitrogens with one attached hydrogen (secondary N) is 2. The number of carbonyl (C=O) groups excluding carboxylic acids is 1. The van der Waals surface area contributed by atoms with E-state index in [0.717, 1.165) is 11.1 Å². The van der Waals surface area contributed by atoms with Crippen molar-refractivity contribution >= 4 is 11.6 Å². The summed E-state index contributed by atoms with van der Waals surface area (Å²) in [6.45, 7) is 1.72. The summed E-state index contributed by atoms with van der Waals surface area (Å²) in [4.78, 5) is 12.5. The second-order valence-corrected chi connectivity index (χ2v) is 6.04. The lowest BCUT2D eigenvalue weighted by Gasteiger charge is -2.24. The number of aromatic nitrogens is 2. The van der Waals surface area contributed by atoms with E-state index in [0.29, 0.717) is 11.4 Å². The van der Waals surface area contributed by atoms with E-state index < -0.39 is 5.54 Å². The molecule has 0 aliphatic heterocycles. The van der Waals surface area contributed by atoms with Crippen LogP contribution in [0.25, 0.3) is 11.1 Å². The van der Waals surface area contributed by atoms with Gasteiger partial charge in [-0.15, -0.1) is 0 Å². The first kappa shape index (κ1) is 16.7. The third-order valence-electron chi connectivity index (χ3n) is 3.75. The van der Waals surface area contributed by atoms with Gasteiger partial charge in [0.25, 0.3) is 0 Å². The van der Waals surface area contributed by atoms with Crippen molar-refractivity contribution in [2.24, 2.45) is 5.73 Å². The molecule has 0 aliphatic carbocycles. The highest BCUT2D eigenvalue weighted by atomic mass is 16.5. The van der Waals surface area contributed by atoms with Crippen molar-refractivity contribution in [3.63, 3.8) is 0 Å². The van der Waals surface area contributed by atoms with Crippen LogP contribution in [0.5, 0.6) is 5.75 Å². The molecular weight excluding hydrogens is 316 g/mol. The Morgan fingerprint density at radius 2 is 2.00 bits per heavy atom. The molecule has 6 nitrogen and oxygen atoms in total. The average molecular weight is 336 g/mol. The van der Waals surface area contributed by atoms with Gasteiger partial charge in [0.1, 0.15) is 17.9 Å². The van der Waals surface area contributed by atoms with E-state index in [4.69, 9.17) is 10.5 Å². The molecule has 0 saturated heterocycles. The molecule has 0 radical (unpaired) electrons. The molecule has 0 spiro atoms. The number of carbonyl (C=O) groups is 1. The smallest absolute Gasteiger partial charge is 0.247 e. The van der Waals surface area contributed by atoms with Gasteiger partial charge in [0, 0.05) is 17.4 Å². The van der Waals surface area contributed by atoms with Gasteiger partial charge in [0.15, 0.2) is 0 Å². The lowest BCUT2D eigenvalue weighted by Crippen LogP contribution is -2.53. The lowest BCUT2D eigenvalue weighted by atomic mass is 10.0. The molecule has 1 amide bonds. The van der Waals surface area contributed by atoms with Crippen molar-refractivity contribution in [3.8, 4) is 16.9 Å². The Labute approximate surface area is 146 Å². The van der Waals surface area contributed by atoms with Gasteiger partial charge < -0.3 is 15.8 Å². The van der Waals surface area contributed by atoms with Crippen LogP contribution < -0.4 is 15.8 Å². The lowest BCUT2D eigenvalue weighted by molar-refractivity contribution is -0.121. The maximum absolute atomic E-state index is 12.5. The minimum atomic E-state index is -1.17. The molecule has 1 unspecified atom stereocenters. The summed E-state index contributed by atoms with van der Waals surface area (Å²) in [7, 11) is 0. The zero-order chi connectivity index (χ0) is 17.7. The molecule has 0 saturated carbocycles. The Bertz CT molecular complexity index is 830. The topological polar surface area (TPSA) is 93.0 Å². The van der Waals surface area contributed by atoms with Crippen LogP contribution in [0, 0.1) is 0 Å². The minimum absolute atomic E-state index is 0.0737. The SMILES string of the molecule is CC(N)(COc1ccccc1)C(=O)Nc1cccc(-c2cn[nH]c2)c1. The number of ether oxygens (including phenoxy) is 1. The van der Waals surface area contributed by atoms with Gasteiger partial charge in [-0.3, -0.25) is 9.89 Å². The molecule has 6 heteroatoms. The first-order chi connectivity index (χ1) is 12.0. The van der Waals surface area contributed by atoms with E-state index >= 15 is 0 Å². The zero-order valence-corrected chi connectivity index (χ0v) is 13.9. The Hall–Kier alpha value is -3.12. The Balaban J connectivity index is 1.65. The number of benzene rings is 2. The largest absolute Gasteiger partial charge is 0.491 e. The van der Waals surface area contributed by atoms with Crippen LogP contribution in [0.15, 0.2) is 67.0 Å². The maximum Gasteiger partial charge on any atom is 0.247 e. The number of anilines is 1. The molecule has 0 bridgehead atoms. The normalized spacial score (nSPS) is 13.0. The third-order valence-corrected chi connectivity index (χ3v) is 3.75. The number of hydrogen-bond acceptors (Lipinski definition) is 4. The molecule has 1 heterocycles. The van der Waals surface area contributed by atoms with Crippen LogP contribution in [-0.4, -0.2) is 28.3 Å². The second kappa shape index (κ2) is 7.19. The van der Waals surface area contributed by atoms with E-state index in [1.54, 1.807) is 19.3 Å². The monoisotopic (exact) mass is 336 g/mol. The fraction of sp³-hybridized carbons (Fsp3) is 0.158. The number of aromatic amines is 1. The van der Waals surface area contributed by atoms with Gasteiger partial charge in [0.2, 0.25) is 5.91 Å². The van der Waals surface area contributed by atoms with E-state index in [1.807, 2.05) is 54.6 Å². The van der Waals surface area contributed by atoms with Crippen LogP contribution in [0.4, 0.5) is 5.69 Å². The molecular formula is C19H20N4O2. The number of rotatable bonds is 6. The third kappa shape index (κ3) is 4.24. The molecule has 128 valence electrons. The molecule has 25 heavy (non-hydrogen) atoms. The Kier molecular flexibility index (Phi) is 4.81. The van der Waals surface area contributed by atoms with E-state index in [1.165, 1.54) is 0 Å². The quantitative estimate of drug-likeness (QED) is 0.645. The summed E-state index contributed by atoms with van der Waals surface area (Å²) >= 11 is 0. The van der Waals surface area contributed by atoms with Crippen LogP contribution in [0.3, 0.4) is 0 Å². The van der Waals surface area contributed by atoms with E-state index in [2.05, 4.69) is 15.5 Å². The van der Waals surface area contributed by atoms with Crippen molar-refractivity contribution in [2.75, 3.05) is 11.9 Å². The van der Waals surface area contributed by atoms with E-state index in [9.17, 15) is 4.79 Å². The van der Waals surface area contributed by atoms with Gasteiger partial charge in [-0.1, -0.05) is 30.3 Å². The number of amides is 1. The second-order valence-electron chi connectivity index (χ2n) is 6.04. The number of hydrogen-bond donors (Lipinski definition) is 3. The molecule has 2 aromatic carbocycles. The summed E-state index contributed by atoms with van der Waals surface area (Å²) in [5, 5.41) is 9.55. The summed E-state index contributed by atoms with van der Waals surface area (Å²) < 4.78 is 5.61. The maximum atomic E-state index is 12.5. The van der Waals surface area contributed by atoms with Gasteiger partial charge in [-0.25, -0.2) is 0 Å². The summed E-state index contributed by atoms with van der Waals surface area (Å²) in [6.07, 6.45) is 3.52. The summed E-state index contributed by atoms with van der Waals surface area (Å²) in [5.74, 6) is 0.363. The van der Waals surface area contributed by atoms with Gasteiger partial charge in [0.05, 0.1) is 6.20 Å². The number of nitrogens with two attached hydrogens (primary N) is 1. The molecule has 4 N–H and O–H groups in total. The standard InChI is InChI=1S/C19H20N4O2/c1-19(20,13-25-17-8-3-2-4-9-17)18(24)23-16-7-5-6-14(10-16)15-11-21-22-12-15/h2-12H,13,20H2,1H3,(H,21,22)(H,23,24). The van der Waals surface area contributed by atoms with E-state index in [-0.39, 0.29) is 12.5 Å². The highest BCUT2D eigenvalue weighted by Crippen LogP contribution is 2.22. The van der Waals surface area contributed by atoms with Gasteiger partial charge in [-0.05, 0) is 36.8 Å². The highest BCUT2D eigenvalue weighted by Gasteiger charge is 2.29. The molecule has 0 fully saturated rings. The average Bonchev–Trinajstić information content (AvgIpc) is 3.16. The molecule has 3 rings (SSSR count). The molecule has 1 aromatic heterocycles. The molecule has 1 atom stereocenters. The van der Waals surface area contributed by atoms with Crippen molar-refractivity contribution < 1.29 is 9.53 Å². The number of nitrogens with zero attached hydrogens (tertiary/aromatic N) is 1. The Morgan fingerprint density at radius 1 is 1.20 bits per heavy atom. The fourth-order valence-corrected chi connectivity index (χ4v) is 2.27. The summed E-state index contributed by atoms with van der Waals surface area (Å²) in [6, 6.07) is 16.8. The number of para-hydroxylation sites is 1. The fourth-order valence-electron chi connectivity index (χ4n) is 2.27. The van der Waals surface area contributed by atoms with Crippen molar-refractivity contribution in [1.82, 2.24) is 10.2 Å². The highest BCUT2D eigenvalue weighted by molar-refractivity contribution is 5.98. The van der Waals surface area contributed by atoms with Gasteiger partial charge in [-0.2, -0.15) is 5.10 Å². The predicted octanol–water partition coefficient (Wildman–Crippen LogP) is 2.81. The predicted molar refractivity (Wildman–Crippen MR) is 97.2 cm³/mol.